The van der Waals surface area contributed by atoms with Gasteiger partial charge in [-0.05, 0) is 41.2 Å². The van der Waals surface area contributed by atoms with Crippen LogP contribution in [0.25, 0.3) is 10.8 Å². The van der Waals surface area contributed by atoms with E-state index < -0.39 is 0 Å². The molecule has 3 unspecified atom stereocenters. The second kappa shape index (κ2) is 5.95. The standard InChI is InChI=1S/C23H20N2O2/c1-14-12-13-20(25(26)27)21-17-9-5-11-19(17)23(24-22(14)21)18-10-4-7-15-6-2-3-8-16(15)18/h2-10,12-13,17,19,23-24H,11H2,1H3. The second-order valence-electron chi connectivity index (χ2n) is 7.49. The molecule has 4 heteroatoms. The Bertz CT molecular complexity index is 1100. The lowest BCUT2D eigenvalue weighted by Gasteiger charge is -2.38. The summed E-state index contributed by atoms with van der Waals surface area (Å²) < 4.78 is 0. The number of nitrogens with zero attached hydrogens (tertiary/aromatic N) is 1. The van der Waals surface area contributed by atoms with E-state index in [1.807, 2.05) is 13.0 Å². The zero-order chi connectivity index (χ0) is 18.5. The normalized spacial score (nSPS) is 22.9. The van der Waals surface area contributed by atoms with Gasteiger partial charge in [-0.15, -0.1) is 0 Å². The molecular weight excluding hydrogens is 336 g/mol. The number of allylic oxidation sites excluding steroid dienone is 2. The van der Waals surface area contributed by atoms with Gasteiger partial charge in [0.1, 0.15) is 0 Å². The summed E-state index contributed by atoms with van der Waals surface area (Å²) in [4.78, 5) is 11.4. The van der Waals surface area contributed by atoms with Gasteiger partial charge in [0.15, 0.2) is 0 Å². The van der Waals surface area contributed by atoms with Crippen molar-refractivity contribution in [2.45, 2.75) is 25.3 Å². The van der Waals surface area contributed by atoms with Crippen molar-refractivity contribution in [1.29, 1.82) is 0 Å². The Morgan fingerprint density at radius 3 is 2.74 bits per heavy atom. The summed E-state index contributed by atoms with van der Waals surface area (Å²) in [5.41, 5.74) is 4.31. The van der Waals surface area contributed by atoms with Crippen LogP contribution in [0.1, 0.15) is 35.1 Å². The lowest BCUT2D eigenvalue weighted by molar-refractivity contribution is -0.385. The van der Waals surface area contributed by atoms with Crippen molar-refractivity contribution in [3.05, 3.63) is 93.6 Å². The van der Waals surface area contributed by atoms with Crippen LogP contribution < -0.4 is 5.32 Å². The molecule has 0 spiro atoms. The number of nitro groups is 1. The fraction of sp³-hybridized carbons (Fsp3) is 0.217. The molecule has 0 fully saturated rings. The number of nitrogens with one attached hydrogen (secondary N) is 1. The van der Waals surface area contributed by atoms with Gasteiger partial charge >= 0.3 is 0 Å². The largest absolute Gasteiger partial charge is 0.377 e. The van der Waals surface area contributed by atoms with Crippen LogP contribution in [0.3, 0.4) is 0 Å². The zero-order valence-corrected chi connectivity index (χ0v) is 15.1. The number of nitro benzene ring substituents is 1. The van der Waals surface area contributed by atoms with E-state index in [2.05, 4.69) is 59.9 Å². The average Bonchev–Trinajstić information content (AvgIpc) is 3.17. The maximum atomic E-state index is 11.7. The Hall–Kier alpha value is -3.14. The van der Waals surface area contributed by atoms with Gasteiger partial charge in [-0.1, -0.05) is 60.7 Å². The highest BCUT2D eigenvalue weighted by Crippen LogP contribution is 2.53. The van der Waals surface area contributed by atoms with Gasteiger partial charge in [0.25, 0.3) is 5.69 Å². The third-order valence-electron chi connectivity index (χ3n) is 6.06. The summed E-state index contributed by atoms with van der Waals surface area (Å²) in [7, 11) is 0. The smallest absolute Gasteiger partial charge is 0.275 e. The Balaban J connectivity index is 1.72. The van der Waals surface area contributed by atoms with Gasteiger partial charge in [0, 0.05) is 17.7 Å². The van der Waals surface area contributed by atoms with Crippen LogP contribution in [0, 0.1) is 23.0 Å². The predicted octanol–water partition coefficient (Wildman–Crippen LogP) is 5.88. The van der Waals surface area contributed by atoms with E-state index in [-0.39, 0.29) is 28.5 Å². The summed E-state index contributed by atoms with van der Waals surface area (Å²) >= 11 is 0. The topological polar surface area (TPSA) is 55.2 Å². The van der Waals surface area contributed by atoms with Crippen molar-refractivity contribution in [1.82, 2.24) is 0 Å². The molecule has 0 saturated heterocycles. The monoisotopic (exact) mass is 356 g/mol. The summed E-state index contributed by atoms with van der Waals surface area (Å²) in [6.45, 7) is 2.02. The molecule has 3 aromatic carbocycles. The quantitative estimate of drug-likeness (QED) is 0.354. The van der Waals surface area contributed by atoms with E-state index in [0.717, 1.165) is 23.2 Å². The number of rotatable bonds is 2. The van der Waals surface area contributed by atoms with Crippen molar-refractivity contribution < 1.29 is 4.92 Å². The van der Waals surface area contributed by atoms with Crippen LogP contribution >= 0.6 is 0 Å². The van der Waals surface area contributed by atoms with Crippen molar-refractivity contribution in [2.24, 2.45) is 5.92 Å². The number of benzene rings is 3. The molecule has 0 amide bonds. The minimum Gasteiger partial charge on any atom is -0.377 e. The molecule has 0 radical (unpaired) electrons. The summed E-state index contributed by atoms with van der Waals surface area (Å²) in [5, 5.41) is 17.8. The maximum Gasteiger partial charge on any atom is 0.275 e. The van der Waals surface area contributed by atoms with E-state index in [0.29, 0.717) is 0 Å². The minimum absolute atomic E-state index is 0.0746. The van der Waals surface area contributed by atoms with Crippen LogP contribution in [-0.4, -0.2) is 4.92 Å². The molecule has 134 valence electrons. The van der Waals surface area contributed by atoms with Gasteiger partial charge in [0.2, 0.25) is 0 Å². The Labute approximate surface area is 157 Å². The molecule has 1 aliphatic heterocycles. The van der Waals surface area contributed by atoms with Crippen molar-refractivity contribution >= 4 is 22.1 Å². The van der Waals surface area contributed by atoms with Crippen LogP contribution in [0.5, 0.6) is 0 Å². The highest BCUT2D eigenvalue weighted by atomic mass is 16.6. The first kappa shape index (κ1) is 16.1. The Morgan fingerprint density at radius 2 is 1.89 bits per heavy atom. The van der Waals surface area contributed by atoms with E-state index in [1.165, 1.54) is 16.3 Å². The molecule has 5 rings (SSSR count). The Kier molecular flexibility index (Phi) is 3.54. The van der Waals surface area contributed by atoms with Crippen molar-refractivity contribution in [2.75, 3.05) is 5.32 Å². The first-order chi connectivity index (χ1) is 13.1. The molecule has 1 heterocycles. The highest BCUT2D eigenvalue weighted by molar-refractivity contribution is 5.87. The first-order valence-corrected chi connectivity index (χ1v) is 9.34. The van der Waals surface area contributed by atoms with Crippen molar-refractivity contribution in [3.8, 4) is 0 Å². The van der Waals surface area contributed by atoms with Crippen LogP contribution in [0.4, 0.5) is 11.4 Å². The molecule has 27 heavy (non-hydrogen) atoms. The van der Waals surface area contributed by atoms with Gasteiger partial charge in [-0.2, -0.15) is 0 Å². The number of hydrogen-bond acceptors (Lipinski definition) is 3. The SMILES string of the molecule is Cc1ccc([N+](=O)[O-])c2c1NC(c1cccc3ccccc13)C1CC=CC21. The molecule has 0 aromatic heterocycles. The van der Waals surface area contributed by atoms with Gasteiger partial charge in [-0.25, -0.2) is 0 Å². The first-order valence-electron chi connectivity index (χ1n) is 9.34. The molecule has 1 aliphatic carbocycles. The molecule has 1 N–H and O–H groups in total. The van der Waals surface area contributed by atoms with Gasteiger partial charge in [0.05, 0.1) is 16.5 Å². The average molecular weight is 356 g/mol. The number of aryl methyl sites for hydroxylation is 1. The zero-order valence-electron chi connectivity index (χ0n) is 15.1. The van der Waals surface area contributed by atoms with Gasteiger partial charge in [-0.3, -0.25) is 10.1 Å². The van der Waals surface area contributed by atoms with E-state index in [1.54, 1.807) is 6.07 Å². The third-order valence-corrected chi connectivity index (χ3v) is 6.06. The van der Waals surface area contributed by atoms with Gasteiger partial charge < -0.3 is 5.32 Å². The summed E-state index contributed by atoms with van der Waals surface area (Å²) in [5.74, 6) is 0.356. The molecule has 0 saturated carbocycles. The van der Waals surface area contributed by atoms with E-state index >= 15 is 0 Å². The molecule has 2 aliphatic rings. The molecule has 4 nitrogen and oxygen atoms in total. The number of anilines is 1. The van der Waals surface area contributed by atoms with E-state index in [4.69, 9.17) is 0 Å². The van der Waals surface area contributed by atoms with Crippen molar-refractivity contribution in [3.63, 3.8) is 0 Å². The Morgan fingerprint density at radius 1 is 1.07 bits per heavy atom. The highest BCUT2D eigenvalue weighted by Gasteiger charge is 2.42. The second-order valence-corrected chi connectivity index (χ2v) is 7.49. The molecular formula is C23H20N2O2. The lowest BCUT2D eigenvalue weighted by atomic mass is 9.75. The fourth-order valence-electron chi connectivity index (χ4n) is 4.82. The van der Waals surface area contributed by atoms with Crippen LogP contribution in [0.2, 0.25) is 0 Å². The van der Waals surface area contributed by atoms with Crippen LogP contribution in [-0.2, 0) is 0 Å². The third kappa shape index (κ3) is 2.36. The van der Waals surface area contributed by atoms with E-state index in [9.17, 15) is 10.1 Å². The molecule has 3 atom stereocenters. The summed E-state index contributed by atoms with van der Waals surface area (Å²) in [6, 6.07) is 18.5. The number of hydrogen-bond donors (Lipinski definition) is 1. The fourth-order valence-corrected chi connectivity index (χ4v) is 4.82. The molecule has 3 aromatic rings. The van der Waals surface area contributed by atoms with Crippen LogP contribution in [0.15, 0.2) is 66.7 Å². The predicted molar refractivity (Wildman–Crippen MR) is 108 cm³/mol. The summed E-state index contributed by atoms with van der Waals surface area (Å²) in [6.07, 6.45) is 5.27. The lowest BCUT2D eigenvalue weighted by Crippen LogP contribution is -2.30. The number of fused-ring (bicyclic) bond motifs is 4. The minimum atomic E-state index is -0.249. The molecule has 0 bridgehead atoms. The maximum absolute atomic E-state index is 11.7.